The fourth-order valence-electron chi connectivity index (χ4n) is 2.23. The molecule has 0 spiro atoms. The molecule has 0 amide bonds. The van der Waals surface area contributed by atoms with E-state index in [1.807, 2.05) is 0 Å². The van der Waals surface area contributed by atoms with E-state index in [0.717, 1.165) is 0 Å². The van der Waals surface area contributed by atoms with Gasteiger partial charge in [-0.3, -0.25) is 4.79 Å². The van der Waals surface area contributed by atoms with Gasteiger partial charge in [0.15, 0.2) is 5.78 Å². The van der Waals surface area contributed by atoms with Gasteiger partial charge in [-0.25, -0.2) is 9.18 Å². The molecule has 3 aromatic rings. The molecule has 22 heavy (non-hydrogen) atoms. The Morgan fingerprint density at radius 2 is 1.95 bits per heavy atom. The van der Waals surface area contributed by atoms with Crippen molar-refractivity contribution in [3.63, 3.8) is 0 Å². The Morgan fingerprint density at radius 3 is 2.73 bits per heavy atom. The Bertz CT molecular complexity index is 931. The molecule has 2 aromatic carbocycles. The van der Waals surface area contributed by atoms with E-state index < -0.39 is 11.4 Å². The Hall–Kier alpha value is -2.46. The second-order valence-corrected chi connectivity index (χ2v) is 5.28. The summed E-state index contributed by atoms with van der Waals surface area (Å²) in [6.45, 7) is 0. The third kappa shape index (κ3) is 2.92. The van der Waals surface area contributed by atoms with Crippen LogP contribution in [0.25, 0.3) is 10.8 Å². The summed E-state index contributed by atoms with van der Waals surface area (Å²) < 4.78 is 18.4. The monoisotopic (exact) mass is 316 g/mol. The van der Waals surface area contributed by atoms with Crippen LogP contribution in [-0.2, 0) is 6.42 Å². The first-order chi connectivity index (χ1) is 10.5. The Labute approximate surface area is 129 Å². The van der Waals surface area contributed by atoms with Gasteiger partial charge in [0.1, 0.15) is 11.6 Å². The second-order valence-electron chi connectivity index (χ2n) is 4.84. The number of fused-ring (bicyclic) bond motifs is 1. The molecule has 0 atom stereocenters. The van der Waals surface area contributed by atoms with Crippen molar-refractivity contribution in [2.45, 2.75) is 6.42 Å². The van der Waals surface area contributed by atoms with Gasteiger partial charge in [-0.2, -0.15) is 0 Å². The van der Waals surface area contributed by atoms with Crippen molar-refractivity contribution in [3.8, 4) is 0 Å². The lowest BCUT2D eigenvalue weighted by molar-refractivity contribution is 0.0986. The van der Waals surface area contributed by atoms with Crippen molar-refractivity contribution >= 4 is 28.2 Å². The molecule has 0 aliphatic heterocycles. The van der Waals surface area contributed by atoms with Crippen LogP contribution in [0.1, 0.15) is 16.1 Å². The molecule has 1 aromatic heterocycles. The van der Waals surface area contributed by atoms with E-state index in [1.54, 1.807) is 24.3 Å². The fourth-order valence-corrected chi connectivity index (χ4v) is 2.42. The van der Waals surface area contributed by atoms with Crippen LogP contribution < -0.4 is 5.63 Å². The summed E-state index contributed by atoms with van der Waals surface area (Å²) in [7, 11) is 0. The lowest BCUT2D eigenvalue weighted by Crippen LogP contribution is -2.08. The maximum absolute atomic E-state index is 13.3. The lowest BCUT2D eigenvalue weighted by Gasteiger charge is -2.03. The maximum atomic E-state index is 13.3. The average Bonchev–Trinajstić information content (AvgIpc) is 2.46. The zero-order valence-electron chi connectivity index (χ0n) is 11.3. The molecule has 3 nitrogen and oxygen atoms in total. The molecule has 1 heterocycles. The zero-order valence-corrected chi connectivity index (χ0v) is 12.1. The van der Waals surface area contributed by atoms with Crippen LogP contribution in [0.15, 0.2) is 57.7 Å². The van der Waals surface area contributed by atoms with Crippen molar-refractivity contribution in [3.05, 3.63) is 81.1 Å². The van der Waals surface area contributed by atoms with Gasteiger partial charge >= 0.3 is 5.63 Å². The molecule has 0 bridgehead atoms. The quantitative estimate of drug-likeness (QED) is 0.686. The lowest BCUT2D eigenvalue weighted by atomic mass is 10.1. The number of hydrogen-bond donors (Lipinski definition) is 0. The van der Waals surface area contributed by atoms with E-state index in [0.29, 0.717) is 16.0 Å². The van der Waals surface area contributed by atoms with Crippen molar-refractivity contribution < 1.29 is 13.6 Å². The van der Waals surface area contributed by atoms with Gasteiger partial charge in [-0.1, -0.05) is 23.7 Å². The first-order valence-electron chi connectivity index (χ1n) is 6.54. The summed E-state index contributed by atoms with van der Waals surface area (Å²) in [5.74, 6) is -0.500. The van der Waals surface area contributed by atoms with Crippen molar-refractivity contribution in [2.24, 2.45) is 0 Å². The SMILES string of the molecule is O=C(Cc1cc2cc(F)ccc2c(=O)o1)c1cccc(Cl)c1. The van der Waals surface area contributed by atoms with Gasteiger partial charge in [0.25, 0.3) is 0 Å². The minimum absolute atomic E-state index is 0.0952. The Balaban J connectivity index is 1.97. The van der Waals surface area contributed by atoms with Crippen LogP contribution in [-0.4, -0.2) is 5.78 Å². The summed E-state index contributed by atoms with van der Waals surface area (Å²) in [6.07, 6.45) is -0.0952. The van der Waals surface area contributed by atoms with E-state index in [9.17, 15) is 14.0 Å². The van der Waals surface area contributed by atoms with E-state index in [-0.39, 0.29) is 23.4 Å². The minimum atomic E-state index is -0.591. The van der Waals surface area contributed by atoms with Crippen LogP contribution in [0, 0.1) is 5.82 Å². The molecule has 5 heteroatoms. The Kier molecular flexibility index (Phi) is 3.77. The topological polar surface area (TPSA) is 47.3 Å². The molecule has 110 valence electrons. The molecule has 0 aliphatic rings. The molecular weight excluding hydrogens is 307 g/mol. The van der Waals surface area contributed by atoms with Crippen LogP contribution in [0.4, 0.5) is 4.39 Å². The molecule has 0 radical (unpaired) electrons. The van der Waals surface area contributed by atoms with E-state index in [1.165, 1.54) is 24.3 Å². The third-order valence-corrected chi connectivity index (χ3v) is 3.49. The standard InChI is InChI=1S/C17H10ClFO3/c18-12-3-1-2-10(6-12)16(20)9-14-8-11-7-13(19)4-5-15(11)17(21)22-14/h1-8H,9H2. The van der Waals surface area contributed by atoms with E-state index in [2.05, 4.69) is 0 Å². The predicted octanol–water partition coefficient (Wildman–Crippen LogP) is 4.01. The number of halogens is 2. The van der Waals surface area contributed by atoms with Crippen LogP contribution >= 0.6 is 11.6 Å². The van der Waals surface area contributed by atoms with Gasteiger partial charge in [0, 0.05) is 10.6 Å². The number of carbonyl (C=O) groups is 1. The number of ketones is 1. The number of Topliss-reactive ketones (excluding diaryl/α,β-unsaturated/α-hetero) is 1. The third-order valence-electron chi connectivity index (χ3n) is 3.26. The summed E-state index contributed by atoms with van der Waals surface area (Å²) in [4.78, 5) is 24.0. The average molecular weight is 317 g/mol. The molecular formula is C17H10ClFO3. The first-order valence-corrected chi connectivity index (χ1v) is 6.92. The second kappa shape index (κ2) is 5.73. The first kappa shape index (κ1) is 14.5. The van der Waals surface area contributed by atoms with Gasteiger partial charge in [0.05, 0.1) is 11.8 Å². The van der Waals surface area contributed by atoms with Crippen LogP contribution in [0.5, 0.6) is 0 Å². The number of rotatable bonds is 3. The summed E-state index contributed by atoms with van der Waals surface area (Å²) in [5.41, 5.74) is -0.166. The molecule has 0 aliphatic carbocycles. The van der Waals surface area contributed by atoms with Gasteiger partial charge in [-0.15, -0.1) is 0 Å². The van der Waals surface area contributed by atoms with Crippen LogP contribution in [0.2, 0.25) is 5.02 Å². The highest BCUT2D eigenvalue weighted by Gasteiger charge is 2.12. The molecule has 0 fully saturated rings. The summed E-state index contributed by atoms with van der Waals surface area (Å²) in [6, 6.07) is 11.8. The number of hydrogen-bond acceptors (Lipinski definition) is 3. The largest absolute Gasteiger partial charge is 0.427 e. The van der Waals surface area contributed by atoms with Gasteiger partial charge < -0.3 is 4.42 Å². The smallest absolute Gasteiger partial charge is 0.343 e. The van der Waals surface area contributed by atoms with Crippen molar-refractivity contribution in [1.82, 2.24) is 0 Å². The molecule has 0 N–H and O–H groups in total. The zero-order chi connectivity index (χ0) is 15.7. The fraction of sp³-hybridized carbons (Fsp3) is 0.0588. The highest BCUT2D eigenvalue weighted by Crippen LogP contribution is 2.17. The number of benzene rings is 2. The predicted molar refractivity (Wildman–Crippen MR) is 81.9 cm³/mol. The molecule has 0 saturated carbocycles. The van der Waals surface area contributed by atoms with Gasteiger partial charge in [0.2, 0.25) is 0 Å². The summed E-state index contributed by atoms with van der Waals surface area (Å²) in [5, 5.41) is 1.14. The van der Waals surface area contributed by atoms with Crippen molar-refractivity contribution in [2.75, 3.05) is 0 Å². The highest BCUT2D eigenvalue weighted by molar-refractivity contribution is 6.31. The van der Waals surface area contributed by atoms with Crippen LogP contribution in [0.3, 0.4) is 0 Å². The summed E-state index contributed by atoms with van der Waals surface area (Å²) >= 11 is 5.85. The normalized spacial score (nSPS) is 10.8. The Morgan fingerprint density at radius 1 is 1.14 bits per heavy atom. The number of carbonyl (C=O) groups excluding carboxylic acids is 1. The maximum Gasteiger partial charge on any atom is 0.343 e. The molecule has 3 rings (SSSR count). The van der Waals surface area contributed by atoms with E-state index >= 15 is 0 Å². The minimum Gasteiger partial charge on any atom is -0.427 e. The molecule has 0 unspecified atom stereocenters. The van der Waals surface area contributed by atoms with Gasteiger partial charge in [-0.05, 0) is 41.8 Å². The van der Waals surface area contributed by atoms with Crippen molar-refractivity contribution in [1.29, 1.82) is 0 Å². The van der Waals surface area contributed by atoms with E-state index in [4.69, 9.17) is 16.0 Å². The highest BCUT2D eigenvalue weighted by atomic mass is 35.5. The molecule has 0 saturated heterocycles.